The van der Waals surface area contributed by atoms with Crippen LogP contribution in [0.25, 0.3) is 0 Å². The number of benzene rings is 1. The summed E-state index contributed by atoms with van der Waals surface area (Å²) in [5.74, 6) is -0.113. The van der Waals surface area contributed by atoms with E-state index < -0.39 is 29.7 Å². The highest BCUT2D eigenvalue weighted by Gasteiger charge is 2.34. The van der Waals surface area contributed by atoms with Gasteiger partial charge in [0.25, 0.3) is 0 Å². The average Bonchev–Trinajstić information content (AvgIpc) is 2.50. The van der Waals surface area contributed by atoms with Gasteiger partial charge in [-0.15, -0.1) is 0 Å². The molecule has 6 nitrogen and oxygen atoms in total. The fourth-order valence-corrected chi connectivity index (χ4v) is 3.15. The standard InChI is InChI=1S/C21H32N2O4/c1-14-8-5-6-11-16(14)13-26-18(19(22)24)17(12-15-9-7-10-15)23-20(25)27-21(2,3)4/h5-6,8,11,15,17-18H,7,9-10,12-13H2,1-4H3,(H2,22,24)(H,23,25). The first kappa shape index (κ1) is 21.2. The van der Waals surface area contributed by atoms with Crippen LogP contribution in [0.1, 0.15) is 57.6 Å². The predicted octanol–water partition coefficient (Wildman–Crippen LogP) is 3.45. The number of nitrogens with one attached hydrogen (secondary N) is 1. The quantitative estimate of drug-likeness (QED) is 0.727. The molecule has 0 radical (unpaired) electrons. The fraction of sp³-hybridized carbons (Fsp3) is 0.619. The molecule has 0 aromatic heterocycles. The molecule has 2 rings (SSSR count). The molecular formula is C21H32N2O4. The van der Waals surface area contributed by atoms with Crippen LogP contribution < -0.4 is 11.1 Å². The van der Waals surface area contributed by atoms with Crippen molar-refractivity contribution in [3.8, 4) is 0 Å². The third-order valence-corrected chi connectivity index (χ3v) is 4.84. The van der Waals surface area contributed by atoms with Gasteiger partial charge in [-0.3, -0.25) is 4.79 Å². The van der Waals surface area contributed by atoms with Crippen LogP contribution in [-0.4, -0.2) is 29.7 Å². The van der Waals surface area contributed by atoms with Crippen LogP contribution in [0, 0.1) is 12.8 Å². The summed E-state index contributed by atoms with van der Waals surface area (Å²) in [6.07, 6.45) is 2.55. The van der Waals surface area contributed by atoms with Gasteiger partial charge >= 0.3 is 6.09 Å². The molecule has 0 spiro atoms. The van der Waals surface area contributed by atoms with Gasteiger partial charge in [-0.05, 0) is 51.2 Å². The van der Waals surface area contributed by atoms with Crippen molar-refractivity contribution in [2.24, 2.45) is 11.7 Å². The number of ether oxygens (including phenoxy) is 2. The highest BCUT2D eigenvalue weighted by molar-refractivity contribution is 5.80. The molecule has 1 saturated carbocycles. The van der Waals surface area contributed by atoms with Crippen molar-refractivity contribution < 1.29 is 19.1 Å². The van der Waals surface area contributed by atoms with Crippen LogP contribution in [0.4, 0.5) is 4.79 Å². The van der Waals surface area contributed by atoms with Crippen LogP contribution in [-0.2, 0) is 20.9 Å². The zero-order valence-corrected chi connectivity index (χ0v) is 16.8. The second-order valence-corrected chi connectivity index (χ2v) is 8.35. The van der Waals surface area contributed by atoms with Crippen molar-refractivity contribution in [1.82, 2.24) is 5.32 Å². The summed E-state index contributed by atoms with van der Waals surface area (Å²) in [6, 6.07) is 7.31. The minimum atomic E-state index is -0.905. The first-order chi connectivity index (χ1) is 12.7. The van der Waals surface area contributed by atoms with Crippen LogP contribution in [0.3, 0.4) is 0 Å². The molecular weight excluding hydrogens is 344 g/mol. The van der Waals surface area contributed by atoms with Gasteiger partial charge in [0.2, 0.25) is 5.91 Å². The summed E-state index contributed by atoms with van der Waals surface area (Å²) in [7, 11) is 0. The Morgan fingerprint density at radius 1 is 1.26 bits per heavy atom. The van der Waals surface area contributed by atoms with E-state index in [1.165, 1.54) is 6.42 Å². The molecule has 0 bridgehead atoms. The molecule has 1 aromatic carbocycles. The minimum Gasteiger partial charge on any atom is -0.444 e. The van der Waals surface area contributed by atoms with Crippen molar-refractivity contribution in [3.63, 3.8) is 0 Å². The van der Waals surface area contributed by atoms with Gasteiger partial charge < -0.3 is 20.5 Å². The number of hydrogen-bond acceptors (Lipinski definition) is 4. The summed E-state index contributed by atoms with van der Waals surface area (Å²) >= 11 is 0. The first-order valence-electron chi connectivity index (χ1n) is 9.60. The molecule has 1 aromatic rings. The summed E-state index contributed by atoms with van der Waals surface area (Å²) in [5.41, 5.74) is 7.08. The summed E-state index contributed by atoms with van der Waals surface area (Å²) in [6.45, 7) is 7.65. The molecule has 6 heteroatoms. The molecule has 2 atom stereocenters. The number of rotatable bonds is 8. The molecule has 3 N–H and O–H groups in total. The van der Waals surface area contributed by atoms with E-state index in [-0.39, 0.29) is 6.61 Å². The lowest BCUT2D eigenvalue weighted by Crippen LogP contribution is -2.52. The van der Waals surface area contributed by atoms with E-state index in [2.05, 4.69) is 5.32 Å². The van der Waals surface area contributed by atoms with Crippen molar-refractivity contribution in [1.29, 1.82) is 0 Å². The Bertz CT molecular complexity index is 650. The highest BCUT2D eigenvalue weighted by Crippen LogP contribution is 2.31. The topological polar surface area (TPSA) is 90.6 Å². The summed E-state index contributed by atoms with van der Waals surface area (Å²) in [4.78, 5) is 24.4. The number of amides is 2. The number of carbonyl (C=O) groups excluding carboxylic acids is 2. The highest BCUT2D eigenvalue weighted by atomic mass is 16.6. The normalized spacial score (nSPS) is 16.9. The Morgan fingerprint density at radius 3 is 2.44 bits per heavy atom. The largest absolute Gasteiger partial charge is 0.444 e. The monoisotopic (exact) mass is 376 g/mol. The number of alkyl carbamates (subject to hydrolysis) is 1. The number of primary amides is 1. The van der Waals surface area contributed by atoms with Gasteiger partial charge in [-0.1, -0.05) is 43.5 Å². The lowest BCUT2D eigenvalue weighted by atomic mass is 9.80. The lowest BCUT2D eigenvalue weighted by Gasteiger charge is -2.33. The van der Waals surface area contributed by atoms with E-state index >= 15 is 0 Å². The van der Waals surface area contributed by atoms with E-state index in [1.54, 1.807) is 20.8 Å². The number of hydrogen-bond donors (Lipinski definition) is 2. The zero-order chi connectivity index (χ0) is 20.0. The van der Waals surface area contributed by atoms with Gasteiger partial charge in [0.05, 0.1) is 12.6 Å². The number of carbonyl (C=O) groups is 2. The van der Waals surface area contributed by atoms with Crippen molar-refractivity contribution in [3.05, 3.63) is 35.4 Å². The van der Waals surface area contributed by atoms with E-state index in [9.17, 15) is 9.59 Å². The molecule has 2 amide bonds. The minimum absolute atomic E-state index is 0.261. The van der Waals surface area contributed by atoms with Gasteiger partial charge in [-0.2, -0.15) is 0 Å². The Kier molecular flexibility index (Phi) is 7.25. The Hall–Kier alpha value is -2.08. The predicted molar refractivity (Wildman–Crippen MR) is 104 cm³/mol. The maximum Gasteiger partial charge on any atom is 0.407 e. The third kappa shape index (κ3) is 6.86. The second kappa shape index (κ2) is 9.22. The van der Waals surface area contributed by atoms with Crippen LogP contribution in [0.15, 0.2) is 24.3 Å². The van der Waals surface area contributed by atoms with Gasteiger partial charge in [0, 0.05) is 0 Å². The van der Waals surface area contributed by atoms with E-state index in [1.807, 2.05) is 31.2 Å². The van der Waals surface area contributed by atoms with Crippen molar-refractivity contribution in [2.45, 2.75) is 77.7 Å². The van der Waals surface area contributed by atoms with Gasteiger partial charge in [0.1, 0.15) is 5.60 Å². The van der Waals surface area contributed by atoms with E-state index in [4.69, 9.17) is 15.2 Å². The second-order valence-electron chi connectivity index (χ2n) is 8.35. The Labute approximate surface area is 161 Å². The number of aryl methyl sites for hydroxylation is 1. The summed E-state index contributed by atoms with van der Waals surface area (Å²) < 4.78 is 11.2. The van der Waals surface area contributed by atoms with Crippen LogP contribution >= 0.6 is 0 Å². The molecule has 1 fully saturated rings. The molecule has 150 valence electrons. The van der Waals surface area contributed by atoms with Crippen molar-refractivity contribution >= 4 is 12.0 Å². The van der Waals surface area contributed by atoms with Crippen LogP contribution in [0.5, 0.6) is 0 Å². The molecule has 1 aliphatic rings. The van der Waals surface area contributed by atoms with Gasteiger partial charge in [0.15, 0.2) is 6.10 Å². The average molecular weight is 376 g/mol. The molecule has 2 unspecified atom stereocenters. The van der Waals surface area contributed by atoms with E-state index in [0.29, 0.717) is 12.3 Å². The SMILES string of the molecule is Cc1ccccc1COC(C(N)=O)C(CC1CCC1)NC(=O)OC(C)(C)C. The lowest BCUT2D eigenvalue weighted by molar-refractivity contribution is -0.132. The zero-order valence-electron chi connectivity index (χ0n) is 16.8. The van der Waals surface area contributed by atoms with Crippen molar-refractivity contribution in [2.75, 3.05) is 0 Å². The molecule has 0 heterocycles. The molecule has 0 aliphatic heterocycles. The molecule has 0 saturated heterocycles. The summed E-state index contributed by atoms with van der Waals surface area (Å²) in [5, 5.41) is 2.82. The maximum absolute atomic E-state index is 12.3. The molecule has 27 heavy (non-hydrogen) atoms. The van der Waals surface area contributed by atoms with Crippen LogP contribution in [0.2, 0.25) is 0 Å². The Balaban J connectivity index is 2.08. The van der Waals surface area contributed by atoms with Gasteiger partial charge in [-0.25, -0.2) is 4.79 Å². The maximum atomic E-state index is 12.3. The first-order valence-corrected chi connectivity index (χ1v) is 9.60. The Morgan fingerprint density at radius 2 is 1.93 bits per heavy atom. The smallest absolute Gasteiger partial charge is 0.407 e. The number of nitrogens with two attached hydrogens (primary N) is 1. The molecule has 1 aliphatic carbocycles. The van der Waals surface area contributed by atoms with E-state index in [0.717, 1.165) is 24.0 Å². The third-order valence-electron chi connectivity index (χ3n) is 4.84. The fourth-order valence-electron chi connectivity index (χ4n) is 3.15.